The zero-order valence-electron chi connectivity index (χ0n) is 33.0. The number of hydrogen-bond acceptors (Lipinski definition) is 9. The number of ether oxygens (including phenoxy) is 4. The first-order valence-electron chi connectivity index (χ1n) is 19.9. The zero-order valence-corrected chi connectivity index (χ0v) is 33.0. The summed E-state index contributed by atoms with van der Waals surface area (Å²) in [5.41, 5.74) is 6.09. The Labute approximate surface area is 322 Å². The van der Waals surface area contributed by atoms with Gasteiger partial charge in [0.1, 0.15) is 0 Å². The molecule has 2 fully saturated rings. The van der Waals surface area contributed by atoms with E-state index in [1.165, 1.54) is 27.9 Å². The third-order valence-electron chi connectivity index (χ3n) is 12.9. The molecule has 7 rings (SSSR count). The molecule has 4 atom stereocenters. The average molecular weight is 738 g/mol. The van der Waals surface area contributed by atoms with Crippen LogP contribution in [0.15, 0.2) is 61.4 Å². The van der Waals surface area contributed by atoms with Crippen molar-refractivity contribution >= 4 is 11.6 Å². The number of allylic oxidation sites excluding steroid dienone is 1. The van der Waals surface area contributed by atoms with Gasteiger partial charge in [-0.25, -0.2) is 0 Å². The number of pyridine rings is 1. The first-order valence-corrected chi connectivity index (χ1v) is 19.9. The van der Waals surface area contributed by atoms with Gasteiger partial charge in [0.05, 0.1) is 34.0 Å². The quantitative estimate of drug-likeness (QED) is 0.153. The minimum absolute atomic E-state index is 0.0682. The fourth-order valence-electron chi connectivity index (χ4n) is 10.3. The molecule has 1 amide bonds. The lowest BCUT2D eigenvalue weighted by Gasteiger charge is -2.60. The summed E-state index contributed by atoms with van der Waals surface area (Å²) in [7, 11) is 6.90. The summed E-state index contributed by atoms with van der Waals surface area (Å²) >= 11 is 0. The maximum atomic E-state index is 14.8. The molecule has 3 aliphatic heterocycles. The molecule has 4 heterocycles. The number of hydrogen-bond donors (Lipinski definition) is 0. The van der Waals surface area contributed by atoms with E-state index >= 15 is 0 Å². The Hall–Kier alpha value is -4.28. The molecular weight excluding hydrogens is 679 g/mol. The number of nitrogens with zero attached hydrogens (tertiary/aromatic N) is 5. The molecule has 1 unspecified atom stereocenters. The van der Waals surface area contributed by atoms with Crippen LogP contribution in [0.1, 0.15) is 67.3 Å². The van der Waals surface area contributed by atoms with Gasteiger partial charge in [-0.2, -0.15) is 0 Å². The van der Waals surface area contributed by atoms with E-state index in [1.54, 1.807) is 28.4 Å². The number of carbonyl (C=O) groups is 1. The number of benzene rings is 2. The summed E-state index contributed by atoms with van der Waals surface area (Å²) < 4.78 is 23.7. The van der Waals surface area contributed by atoms with Crippen molar-refractivity contribution < 1.29 is 23.7 Å². The predicted octanol–water partition coefficient (Wildman–Crippen LogP) is 6.52. The third-order valence-corrected chi connectivity index (χ3v) is 12.9. The van der Waals surface area contributed by atoms with Crippen LogP contribution in [0.2, 0.25) is 0 Å². The monoisotopic (exact) mass is 737 g/mol. The summed E-state index contributed by atoms with van der Waals surface area (Å²) in [5.74, 6) is 3.39. The maximum absolute atomic E-state index is 14.8. The van der Waals surface area contributed by atoms with E-state index in [0.717, 1.165) is 120 Å². The standard InChI is InChI=1S/C44H59N5O5/c1-7-9-10-19-49-21-15-32-28-39(52-4)41(54-6)30-36(32)44(49)16-11-33(43(50)48-24-22-47(23-25-48)34-12-17-45-18-13-34)26-37(44)42-35-29-40(53-5)38(51-3)27-31(35)14-20-46(42)8-2/h7,12-13,17-18,27-30,33,37,42H,1,8-11,14-16,19-26H2,2-6H3/t33-,37-,42?,44+/m1/s1. The number of anilines is 1. The van der Waals surface area contributed by atoms with Crippen molar-refractivity contribution in [3.05, 3.63) is 83.7 Å². The predicted molar refractivity (Wildman–Crippen MR) is 213 cm³/mol. The van der Waals surface area contributed by atoms with Crippen LogP contribution in [0.4, 0.5) is 5.69 Å². The Balaban J connectivity index is 1.34. The lowest BCUT2D eigenvalue weighted by Crippen LogP contribution is -2.62. The van der Waals surface area contributed by atoms with E-state index in [4.69, 9.17) is 18.9 Å². The van der Waals surface area contributed by atoms with Gasteiger partial charge in [-0.05, 0) is 117 Å². The topological polar surface area (TPSA) is 79.8 Å². The highest BCUT2D eigenvalue weighted by Gasteiger charge is 2.56. The smallest absolute Gasteiger partial charge is 0.225 e. The fraction of sp³-hybridized carbons (Fsp3) is 0.545. The number of unbranched alkanes of at least 4 members (excludes halogenated alkanes) is 1. The van der Waals surface area contributed by atoms with Crippen molar-refractivity contribution in [2.75, 3.05) is 85.7 Å². The van der Waals surface area contributed by atoms with Gasteiger partial charge in [0.15, 0.2) is 23.0 Å². The van der Waals surface area contributed by atoms with Crippen molar-refractivity contribution in [3.63, 3.8) is 0 Å². The molecule has 1 aliphatic carbocycles. The lowest BCUT2D eigenvalue weighted by molar-refractivity contribution is -0.142. The fourth-order valence-corrected chi connectivity index (χ4v) is 10.3. The van der Waals surface area contributed by atoms with Gasteiger partial charge in [0.25, 0.3) is 0 Å². The van der Waals surface area contributed by atoms with Crippen LogP contribution in [0.5, 0.6) is 23.0 Å². The lowest BCUT2D eigenvalue weighted by atomic mass is 9.58. The van der Waals surface area contributed by atoms with Gasteiger partial charge in [0.2, 0.25) is 5.91 Å². The Kier molecular flexibility index (Phi) is 11.7. The van der Waals surface area contributed by atoms with Crippen molar-refractivity contribution in [2.45, 2.75) is 63.5 Å². The summed E-state index contributed by atoms with van der Waals surface area (Å²) in [6.07, 6.45) is 12.1. The van der Waals surface area contributed by atoms with E-state index in [0.29, 0.717) is 5.91 Å². The van der Waals surface area contributed by atoms with Gasteiger partial charge in [-0.3, -0.25) is 19.6 Å². The molecule has 54 heavy (non-hydrogen) atoms. The molecule has 1 saturated heterocycles. The highest BCUT2D eigenvalue weighted by molar-refractivity contribution is 5.79. The Morgan fingerprint density at radius 3 is 2.19 bits per heavy atom. The van der Waals surface area contributed by atoms with Crippen LogP contribution in [0.25, 0.3) is 0 Å². The third kappa shape index (κ3) is 6.92. The van der Waals surface area contributed by atoms with Crippen LogP contribution < -0.4 is 23.8 Å². The number of rotatable bonds is 12. The second-order valence-corrected chi connectivity index (χ2v) is 15.3. The summed E-state index contributed by atoms with van der Waals surface area (Å²) in [6.45, 7) is 13.2. The molecular formula is C44H59N5O5. The van der Waals surface area contributed by atoms with Crippen LogP contribution in [0.3, 0.4) is 0 Å². The molecule has 1 aromatic heterocycles. The molecule has 1 saturated carbocycles. The van der Waals surface area contributed by atoms with Gasteiger partial charge in [0, 0.05) is 75.2 Å². The van der Waals surface area contributed by atoms with Crippen LogP contribution in [-0.2, 0) is 23.2 Å². The average Bonchev–Trinajstić information content (AvgIpc) is 3.23. The summed E-state index contributed by atoms with van der Waals surface area (Å²) in [5, 5.41) is 0. The van der Waals surface area contributed by atoms with Crippen molar-refractivity contribution in [1.82, 2.24) is 19.7 Å². The molecule has 0 radical (unpaired) electrons. The van der Waals surface area contributed by atoms with Crippen LogP contribution in [0, 0.1) is 11.8 Å². The van der Waals surface area contributed by atoms with Gasteiger partial charge in [-0.15, -0.1) is 6.58 Å². The highest BCUT2D eigenvalue weighted by atomic mass is 16.5. The van der Waals surface area contributed by atoms with Crippen molar-refractivity contribution in [1.29, 1.82) is 0 Å². The summed E-state index contributed by atoms with van der Waals surface area (Å²) in [4.78, 5) is 28.9. The molecule has 1 spiro atoms. The van der Waals surface area contributed by atoms with Crippen molar-refractivity contribution in [2.24, 2.45) is 11.8 Å². The molecule has 2 aromatic carbocycles. The molecule has 290 valence electrons. The van der Waals surface area contributed by atoms with Gasteiger partial charge in [-0.1, -0.05) is 13.0 Å². The van der Waals surface area contributed by atoms with Gasteiger partial charge < -0.3 is 28.7 Å². The highest BCUT2D eigenvalue weighted by Crippen LogP contribution is 2.59. The second kappa shape index (κ2) is 16.6. The number of methoxy groups -OCH3 is 4. The normalized spacial score (nSPS) is 24.4. The van der Waals surface area contributed by atoms with Crippen LogP contribution >= 0.6 is 0 Å². The molecule has 0 bridgehead atoms. The molecule has 3 aromatic rings. The van der Waals surface area contributed by atoms with Crippen molar-refractivity contribution in [3.8, 4) is 23.0 Å². The van der Waals surface area contributed by atoms with E-state index in [9.17, 15) is 4.79 Å². The van der Waals surface area contributed by atoms with Gasteiger partial charge >= 0.3 is 0 Å². The number of fused-ring (bicyclic) bond motifs is 3. The first-order chi connectivity index (χ1) is 26.4. The second-order valence-electron chi connectivity index (χ2n) is 15.3. The molecule has 4 aliphatic rings. The number of piperazine rings is 1. The van der Waals surface area contributed by atoms with Crippen LogP contribution in [-0.4, -0.2) is 106 Å². The molecule has 0 N–H and O–H groups in total. The van der Waals surface area contributed by atoms with E-state index in [-0.39, 0.29) is 23.4 Å². The number of likely N-dealkylation sites (N-methyl/N-ethyl adjacent to an activating group) is 1. The summed E-state index contributed by atoms with van der Waals surface area (Å²) in [6, 6.07) is 13.1. The molecule has 10 heteroatoms. The Morgan fingerprint density at radius 1 is 0.870 bits per heavy atom. The van der Waals surface area contributed by atoms with E-state index < -0.39 is 0 Å². The number of amides is 1. The Morgan fingerprint density at radius 2 is 1.52 bits per heavy atom. The number of aromatic nitrogens is 1. The molecule has 10 nitrogen and oxygen atoms in total. The largest absolute Gasteiger partial charge is 0.493 e. The maximum Gasteiger partial charge on any atom is 0.225 e. The number of carbonyl (C=O) groups excluding carboxylic acids is 1. The van der Waals surface area contributed by atoms with E-state index in [2.05, 4.69) is 74.5 Å². The zero-order chi connectivity index (χ0) is 37.8. The Bertz CT molecular complexity index is 1780. The van der Waals surface area contributed by atoms with E-state index in [1.807, 2.05) is 18.5 Å². The minimum atomic E-state index is -0.328. The minimum Gasteiger partial charge on any atom is -0.493 e. The SMILES string of the molecule is C=CCCCN1CCc2cc(OC)c(OC)cc2[C@]12CC[C@@H](C(=O)N1CCN(c3ccncc3)CC1)C[C@@H]2C1c2cc(OC)c(OC)cc2CCN1CC. The first kappa shape index (κ1) is 38.0.